The van der Waals surface area contributed by atoms with E-state index in [1.807, 2.05) is 58.0 Å². The molecule has 1 atom stereocenters. The monoisotopic (exact) mass is 383 g/mol. The van der Waals surface area contributed by atoms with Crippen molar-refractivity contribution in [1.29, 1.82) is 0 Å². The number of benzene rings is 2. The molecule has 27 heavy (non-hydrogen) atoms. The van der Waals surface area contributed by atoms with Gasteiger partial charge in [0.1, 0.15) is 0 Å². The first-order chi connectivity index (χ1) is 12.7. The standard InChI is InChI=1S/C22H22ClNO3/c1-13-12-17-16(6-5-11-24-17)19(14-7-9-15(23)10-8-14)18(13)20(21(25)26)27-22(2,3)4/h5-12,20H,1-4H3,(H,25,26). The van der Waals surface area contributed by atoms with Crippen LogP contribution in [0.2, 0.25) is 5.02 Å². The lowest BCUT2D eigenvalue weighted by molar-refractivity contribution is -0.160. The number of carboxylic acid groups (broad SMARTS) is 1. The summed E-state index contributed by atoms with van der Waals surface area (Å²) in [6.45, 7) is 7.44. The van der Waals surface area contributed by atoms with E-state index in [4.69, 9.17) is 16.3 Å². The molecule has 140 valence electrons. The van der Waals surface area contributed by atoms with Gasteiger partial charge in [-0.3, -0.25) is 4.98 Å². The summed E-state index contributed by atoms with van der Waals surface area (Å²) in [5.74, 6) is -1.02. The van der Waals surface area contributed by atoms with Crippen LogP contribution in [0.25, 0.3) is 22.0 Å². The largest absolute Gasteiger partial charge is 0.479 e. The van der Waals surface area contributed by atoms with Gasteiger partial charge in [0.05, 0.1) is 11.1 Å². The van der Waals surface area contributed by atoms with Crippen LogP contribution in [-0.4, -0.2) is 21.7 Å². The molecule has 1 N–H and O–H groups in total. The highest BCUT2D eigenvalue weighted by atomic mass is 35.5. The molecule has 0 spiro atoms. The van der Waals surface area contributed by atoms with Crippen LogP contribution in [0.15, 0.2) is 48.7 Å². The van der Waals surface area contributed by atoms with Crippen LogP contribution in [0.5, 0.6) is 0 Å². The maximum atomic E-state index is 12.1. The molecule has 0 aliphatic heterocycles. The van der Waals surface area contributed by atoms with Crippen LogP contribution in [0.4, 0.5) is 0 Å². The molecule has 0 saturated heterocycles. The van der Waals surface area contributed by atoms with Crippen molar-refractivity contribution in [2.75, 3.05) is 0 Å². The predicted octanol–water partition coefficient (Wildman–Crippen LogP) is 5.80. The van der Waals surface area contributed by atoms with Crippen LogP contribution in [0.1, 0.15) is 38.0 Å². The van der Waals surface area contributed by atoms with Crippen LogP contribution in [0.3, 0.4) is 0 Å². The molecule has 0 aliphatic rings. The highest BCUT2D eigenvalue weighted by molar-refractivity contribution is 6.30. The Morgan fingerprint density at radius 2 is 1.85 bits per heavy atom. The third-order valence-electron chi connectivity index (χ3n) is 4.25. The van der Waals surface area contributed by atoms with Crippen LogP contribution < -0.4 is 0 Å². The molecule has 0 fully saturated rings. The number of carboxylic acids is 1. The number of halogens is 1. The predicted molar refractivity (Wildman–Crippen MR) is 108 cm³/mol. The molecule has 1 unspecified atom stereocenters. The van der Waals surface area contributed by atoms with E-state index in [1.165, 1.54) is 0 Å². The molecule has 0 saturated carbocycles. The van der Waals surface area contributed by atoms with Gasteiger partial charge < -0.3 is 9.84 Å². The van der Waals surface area contributed by atoms with Gasteiger partial charge in [-0.1, -0.05) is 29.8 Å². The lowest BCUT2D eigenvalue weighted by Crippen LogP contribution is -2.28. The van der Waals surface area contributed by atoms with Gasteiger partial charge in [-0.2, -0.15) is 0 Å². The number of ether oxygens (including phenoxy) is 1. The number of rotatable bonds is 4. The zero-order valence-corrected chi connectivity index (χ0v) is 16.5. The normalized spacial score (nSPS) is 12.9. The zero-order valence-electron chi connectivity index (χ0n) is 15.8. The molecule has 0 radical (unpaired) electrons. The molecule has 2 aromatic carbocycles. The Balaban J connectivity index is 2.37. The van der Waals surface area contributed by atoms with Crippen LogP contribution in [-0.2, 0) is 9.53 Å². The molecule has 3 aromatic rings. The van der Waals surface area contributed by atoms with Crippen molar-refractivity contribution in [2.24, 2.45) is 0 Å². The topological polar surface area (TPSA) is 59.4 Å². The molecule has 0 aliphatic carbocycles. The number of aliphatic carboxylic acids is 1. The first-order valence-electron chi connectivity index (χ1n) is 8.72. The van der Waals surface area contributed by atoms with E-state index in [9.17, 15) is 9.90 Å². The lowest BCUT2D eigenvalue weighted by Gasteiger charge is -2.28. The van der Waals surface area contributed by atoms with Crippen LogP contribution >= 0.6 is 11.6 Å². The minimum atomic E-state index is -1.10. The number of pyridine rings is 1. The van der Waals surface area contributed by atoms with Gasteiger partial charge >= 0.3 is 5.97 Å². The molecule has 5 heteroatoms. The van der Waals surface area contributed by atoms with Crippen molar-refractivity contribution >= 4 is 28.5 Å². The summed E-state index contributed by atoms with van der Waals surface area (Å²) in [6, 6.07) is 13.1. The Morgan fingerprint density at radius 3 is 2.44 bits per heavy atom. The van der Waals surface area contributed by atoms with Gasteiger partial charge in [-0.05, 0) is 68.7 Å². The summed E-state index contributed by atoms with van der Waals surface area (Å²) < 4.78 is 5.95. The molecule has 0 bridgehead atoms. The number of nitrogens with zero attached hydrogens (tertiary/aromatic N) is 1. The maximum Gasteiger partial charge on any atom is 0.337 e. The van der Waals surface area contributed by atoms with E-state index in [0.717, 1.165) is 27.6 Å². The summed E-state index contributed by atoms with van der Waals surface area (Å²) in [5, 5.41) is 11.4. The van der Waals surface area contributed by atoms with Gasteiger partial charge in [0, 0.05) is 22.2 Å². The Hall–Kier alpha value is -2.43. The summed E-state index contributed by atoms with van der Waals surface area (Å²) >= 11 is 6.06. The van der Waals surface area contributed by atoms with E-state index in [2.05, 4.69) is 4.98 Å². The lowest BCUT2D eigenvalue weighted by atomic mass is 9.88. The number of hydrogen-bond donors (Lipinski definition) is 1. The van der Waals surface area contributed by atoms with E-state index < -0.39 is 17.7 Å². The SMILES string of the molecule is Cc1cc2ncccc2c(-c2ccc(Cl)cc2)c1C(OC(C)(C)C)C(=O)O. The van der Waals surface area contributed by atoms with Gasteiger partial charge in [0.25, 0.3) is 0 Å². The average Bonchev–Trinajstić information content (AvgIpc) is 2.59. The fraction of sp³-hybridized carbons (Fsp3) is 0.273. The zero-order chi connectivity index (χ0) is 19.8. The van der Waals surface area contributed by atoms with E-state index in [0.29, 0.717) is 10.6 Å². The third kappa shape index (κ3) is 4.12. The van der Waals surface area contributed by atoms with Crippen molar-refractivity contribution in [1.82, 2.24) is 4.98 Å². The number of aryl methyl sites for hydroxylation is 1. The van der Waals surface area contributed by atoms with Gasteiger partial charge in [0.2, 0.25) is 0 Å². The number of carbonyl (C=O) groups is 1. The summed E-state index contributed by atoms with van der Waals surface area (Å²) in [4.78, 5) is 16.6. The Kier molecular flexibility index (Phi) is 5.22. The molecule has 3 rings (SSSR count). The fourth-order valence-electron chi connectivity index (χ4n) is 3.22. The Morgan fingerprint density at radius 1 is 1.19 bits per heavy atom. The second-order valence-electron chi connectivity index (χ2n) is 7.51. The Bertz CT molecular complexity index is 991. The third-order valence-corrected chi connectivity index (χ3v) is 4.50. The van der Waals surface area contributed by atoms with Gasteiger partial charge in [-0.15, -0.1) is 0 Å². The van der Waals surface area contributed by atoms with Crippen molar-refractivity contribution in [3.05, 3.63) is 64.8 Å². The first-order valence-corrected chi connectivity index (χ1v) is 9.10. The minimum absolute atomic E-state index is 0.614. The average molecular weight is 384 g/mol. The number of aromatic nitrogens is 1. The quantitative estimate of drug-likeness (QED) is 0.618. The smallest absolute Gasteiger partial charge is 0.337 e. The highest BCUT2D eigenvalue weighted by Gasteiger charge is 2.31. The summed E-state index contributed by atoms with van der Waals surface area (Å²) in [5.41, 5.74) is 3.34. The van der Waals surface area contributed by atoms with E-state index in [1.54, 1.807) is 18.3 Å². The van der Waals surface area contributed by atoms with E-state index in [-0.39, 0.29) is 0 Å². The molecule has 1 heterocycles. The maximum absolute atomic E-state index is 12.1. The van der Waals surface area contributed by atoms with Crippen molar-refractivity contribution in [3.8, 4) is 11.1 Å². The molecule has 1 aromatic heterocycles. The highest BCUT2D eigenvalue weighted by Crippen LogP contribution is 2.40. The summed E-state index contributed by atoms with van der Waals surface area (Å²) in [7, 11) is 0. The number of hydrogen-bond acceptors (Lipinski definition) is 3. The van der Waals surface area contributed by atoms with Crippen molar-refractivity contribution < 1.29 is 14.6 Å². The number of fused-ring (bicyclic) bond motifs is 1. The summed E-state index contributed by atoms with van der Waals surface area (Å²) in [6.07, 6.45) is 0.633. The van der Waals surface area contributed by atoms with Crippen LogP contribution in [0, 0.1) is 6.92 Å². The Labute approximate surface area is 163 Å². The fourth-order valence-corrected chi connectivity index (χ4v) is 3.35. The second kappa shape index (κ2) is 7.29. The molecule has 4 nitrogen and oxygen atoms in total. The van der Waals surface area contributed by atoms with Gasteiger partial charge in [0.15, 0.2) is 6.10 Å². The molecular formula is C22H22ClNO3. The molecule has 0 amide bonds. The second-order valence-corrected chi connectivity index (χ2v) is 7.94. The first kappa shape index (κ1) is 19.3. The van der Waals surface area contributed by atoms with Crippen molar-refractivity contribution in [3.63, 3.8) is 0 Å². The molecular weight excluding hydrogens is 362 g/mol. The van der Waals surface area contributed by atoms with Gasteiger partial charge in [-0.25, -0.2) is 4.79 Å². The minimum Gasteiger partial charge on any atom is -0.479 e. The van der Waals surface area contributed by atoms with E-state index >= 15 is 0 Å². The van der Waals surface area contributed by atoms with Crippen molar-refractivity contribution in [2.45, 2.75) is 39.4 Å².